The lowest BCUT2D eigenvalue weighted by Gasteiger charge is -2.22. The first-order valence-electron chi connectivity index (χ1n) is 8.51. The van der Waals surface area contributed by atoms with Crippen LogP contribution in [0.4, 0.5) is 4.39 Å². The van der Waals surface area contributed by atoms with Crippen molar-refractivity contribution in [2.24, 2.45) is 0 Å². The Morgan fingerprint density at radius 3 is 2.93 bits per heavy atom. The summed E-state index contributed by atoms with van der Waals surface area (Å²) in [6.07, 6.45) is 1.62. The summed E-state index contributed by atoms with van der Waals surface area (Å²) >= 11 is 4.84. The number of hydrogen-bond acceptors (Lipinski definition) is 4. The molecule has 0 aliphatic carbocycles. The van der Waals surface area contributed by atoms with E-state index in [1.807, 2.05) is 5.38 Å². The predicted molar refractivity (Wildman–Crippen MR) is 112 cm³/mol. The fourth-order valence-electron chi connectivity index (χ4n) is 2.61. The van der Waals surface area contributed by atoms with Gasteiger partial charge >= 0.3 is 0 Å². The maximum Gasteiger partial charge on any atom is 0.254 e. The maximum absolute atomic E-state index is 14.1. The molecular formula is C21H18BrFN2O2S. The van der Waals surface area contributed by atoms with Gasteiger partial charge in [-0.1, -0.05) is 28.1 Å². The molecule has 1 amide bonds. The minimum atomic E-state index is -0.356. The zero-order valence-electron chi connectivity index (χ0n) is 15.0. The van der Waals surface area contributed by atoms with Gasteiger partial charge in [0.05, 0.1) is 11.2 Å². The Hall–Kier alpha value is -2.51. The molecule has 0 aliphatic rings. The van der Waals surface area contributed by atoms with Gasteiger partial charge in [-0.05, 0) is 36.4 Å². The number of halogens is 2. The van der Waals surface area contributed by atoms with E-state index in [9.17, 15) is 9.18 Å². The molecule has 7 heteroatoms. The van der Waals surface area contributed by atoms with Crippen molar-refractivity contribution in [1.29, 1.82) is 0 Å². The van der Waals surface area contributed by atoms with Crippen molar-refractivity contribution in [1.82, 2.24) is 9.88 Å². The van der Waals surface area contributed by atoms with E-state index in [1.165, 1.54) is 22.3 Å². The van der Waals surface area contributed by atoms with Crippen LogP contribution in [0.15, 0.2) is 70.5 Å². The molecule has 0 N–H and O–H groups in total. The molecule has 28 heavy (non-hydrogen) atoms. The number of benzene rings is 2. The van der Waals surface area contributed by atoms with Crippen LogP contribution in [-0.2, 0) is 13.2 Å². The maximum atomic E-state index is 14.1. The molecule has 0 saturated heterocycles. The lowest BCUT2D eigenvalue weighted by molar-refractivity contribution is 0.0760. The summed E-state index contributed by atoms with van der Waals surface area (Å²) in [7, 11) is 0. The summed E-state index contributed by atoms with van der Waals surface area (Å²) in [4.78, 5) is 18.7. The Morgan fingerprint density at radius 2 is 2.18 bits per heavy atom. The van der Waals surface area contributed by atoms with Crippen molar-refractivity contribution in [3.63, 3.8) is 0 Å². The summed E-state index contributed by atoms with van der Waals surface area (Å²) in [5, 5.41) is 1.91. The Kier molecular flexibility index (Phi) is 6.95. The number of nitrogens with zero attached hydrogens (tertiary/aromatic N) is 2. The summed E-state index contributed by atoms with van der Waals surface area (Å²) in [6, 6.07) is 11.6. The van der Waals surface area contributed by atoms with Crippen LogP contribution in [0.25, 0.3) is 0 Å². The van der Waals surface area contributed by atoms with Crippen molar-refractivity contribution in [2.45, 2.75) is 13.2 Å². The Morgan fingerprint density at radius 1 is 1.32 bits per heavy atom. The molecule has 0 spiro atoms. The van der Waals surface area contributed by atoms with Crippen LogP contribution in [0.2, 0.25) is 0 Å². The van der Waals surface area contributed by atoms with Crippen LogP contribution < -0.4 is 4.74 Å². The zero-order chi connectivity index (χ0) is 19.9. The van der Waals surface area contributed by atoms with Crippen molar-refractivity contribution in [3.05, 3.63) is 93.1 Å². The van der Waals surface area contributed by atoms with E-state index in [0.29, 0.717) is 30.0 Å². The van der Waals surface area contributed by atoms with Gasteiger partial charge in [-0.15, -0.1) is 17.9 Å². The summed E-state index contributed by atoms with van der Waals surface area (Å²) in [5.41, 5.74) is 3.47. The first-order valence-corrected chi connectivity index (χ1v) is 10.2. The summed E-state index contributed by atoms with van der Waals surface area (Å²) < 4.78 is 20.6. The van der Waals surface area contributed by atoms with E-state index >= 15 is 0 Å². The third-order valence-corrected chi connectivity index (χ3v) is 5.09. The van der Waals surface area contributed by atoms with E-state index in [1.54, 1.807) is 48.0 Å². The molecule has 0 aliphatic heterocycles. The molecular weight excluding hydrogens is 443 g/mol. The van der Waals surface area contributed by atoms with Crippen LogP contribution in [0.3, 0.4) is 0 Å². The second kappa shape index (κ2) is 9.61. The number of ether oxygens (including phenoxy) is 1. The van der Waals surface area contributed by atoms with Gasteiger partial charge in [0.2, 0.25) is 0 Å². The molecule has 0 fully saturated rings. The lowest BCUT2D eigenvalue weighted by atomic mass is 10.1. The monoisotopic (exact) mass is 460 g/mol. The summed E-state index contributed by atoms with van der Waals surface area (Å²) in [5.74, 6) is -0.00478. The van der Waals surface area contributed by atoms with E-state index in [-0.39, 0.29) is 18.3 Å². The van der Waals surface area contributed by atoms with Gasteiger partial charge in [-0.25, -0.2) is 9.37 Å². The number of carbonyl (C=O) groups is 1. The molecule has 0 bridgehead atoms. The van der Waals surface area contributed by atoms with Gasteiger partial charge in [0.25, 0.3) is 5.91 Å². The molecule has 0 atom stereocenters. The molecule has 3 rings (SSSR count). The van der Waals surface area contributed by atoms with E-state index in [4.69, 9.17) is 4.74 Å². The number of amides is 1. The second-order valence-corrected chi connectivity index (χ2v) is 7.64. The molecule has 3 aromatic rings. The first-order chi connectivity index (χ1) is 13.6. The Bertz CT molecular complexity index is 963. The zero-order valence-corrected chi connectivity index (χ0v) is 17.4. The van der Waals surface area contributed by atoms with Crippen molar-refractivity contribution >= 4 is 33.2 Å². The first kappa shape index (κ1) is 20.2. The van der Waals surface area contributed by atoms with Crippen molar-refractivity contribution in [2.75, 3.05) is 6.54 Å². The molecule has 4 nitrogen and oxygen atoms in total. The number of hydrogen-bond donors (Lipinski definition) is 0. The minimum absolute atomic E-state index is 0.139. The Labute approximate surface area is 175 Å². The van der Waals surface area contributed by atoms with Crippen LogP contribution in [0, 0.1) is 5.82 Å². The van der Waals surface area contributed by atoms with E-state index < -0.39 is 0 Å². The van der Waals surface area contributed by atoms with Gasteiger partial charge < -0.3 is 9.64 Å². The van der Waals surface area contributed by atoms with Crippen LogP contribution in [0.5, 0.6) is 5.75 Å². The van der Waals surface area contributed by atoms with Crippen LogP contribution in [0.1, 0.15) is 21.6 Å². The molecule has 0 unspecified atom stereocenters. The summed E-state index contributed by atoms with van der Waals surface area (Å²) in [6.45, 7) is 4.48. The van der Waals surface area contributed by atoms with Gasteiger partial charge in [-0.2, -0.15) is 0 Å². The normalized spacial score (nSPS) is 10.5. The molecule has 0 saturated carbocycles. The van der Waals surface area contributed by atoms with Crippen LogP contribution in [-0.4, -0.2) is 22.3 Å². The average Bonchev–Trinajstić information content (AvgIpc) is 3.22. The molecule has 1 heterocycles. The average molecular weight is 461 g/mol. The Balaban J connectivity index is 1.76. The minimum Gasteiger partial charge on any atom is -0.487 e. The van der Waals surface area contributed by atoms with Crippen molar-refractivity contribution in [3.8, 4) is 5.75 Å². The number of aromatic nitrogens is 1. The van der Waals surface area contributed by atoms with E-state index in [0.717, 1.165) is 10.2 Å². The largest absolute Gasteiger partial charge is 0.487 e. The van der Waals surface area contributed by atoms with Gasteiger partial charge in [0, 0.05) is 34.1 Å². The smallest absolute Gasteiger partial charge is 0.254 e. The fourth-order valence-corrected chi connectivity index (χ4v) is 3.56. The highest BCUT2D eigenvalue weighted by Crippen LogP contribution is 2.20. The quantitative estimate of drug-likeness (QED) is 0.419. The molecule has 0 radical (unpaired) electrons. The van der Waals surface area contributed by atoms with Gasteiger partial charge in [0.15, 0.2) is 0 Å². The van der Waals surface area contributed by atoms with Crippen LogP contribution >= 0.6 is 27.3 Å². The predicted octanol–water partition coefficient (Wildman–Crippen LogP) is 5.45. The number of rotatable bonds is 8. The molecule has 144 valence electrons. The van der Waals surface area contributed by atoms with E-state index in [2.05, 4.69) is 27.5 Å². The molecule has 1 aromatic heterocycles. The van der Waals surface area contributed by atoms with Gasteiger partial charge in [-0.3, -0.25) is 4.79 Å². The highest BCUT2D eigenvalue weighted by Gasteiger charge is 2.17. The number of thiazole rings is 1. The SMILES string of the molecule is C=CCN(Cc1cc(Br)ccc1F)C(=O)c1cccc(OCc2cscn2)c1. The molecule has 2 aromatic carbocycles. The third kappa shape index (κ3) is 5.27. The number of carbonyl (C=O) groups excluding carboxylic acids is 1. The highest BCUT2D eigenvalue weighted by molar-refractivity contribution is 9.10. The fraction of sp³-hybridized carbons (Fsp3) is 0.143. The lowest BCUT2D eigenvalue weighted by Crippen LogP contribution is -2.31. The highest BCUT2D eigenvalue weighted by atomic mass is 79.9. The van der Waals surface area contributed by atoms with Gasteiger partial charge in [0.1, 0.15) is 18.2 Å². The topological polar surface area (TPSA) is 42.4 Å². The standard InChI is InChI=1S/C21H18BrFN2O2S/c1-2-8-25(11-16-9-17(22)6-7-20(16)23)21(26)15-4-3-5-19(10-15)27-12-18-13-28-14-24-18/h2-7,9-10,13-14H,1,8,11-12H2. The second-order valence-electron chi connectivity index (χ2n) is 6.01. The third-order valence-electron chi connectivity index (χ3n) is 3.96. The van der Waals surface area contributed by atoms with Crippen molar-refractivity contribution < 1.29 is 13.9 Å².